The van der Waals surface area contributed by atoms with E-state index in [0.717, 1.165) is 6.07 Å². The van der Waals surface area contributed by atoms with Gasteiger partial charge in [-0.3, -0.25) is 4.79 Å². The fraction of sp³-hybridized carbons (Fsp3) is 0.100. The Bertz CT molecular complexity index is 568. The van der Waals surface area contributed by atoms with Crippen molar-refractivity contribution in [1.82, 2.24) is 0 Å². The van der Waals surface area contributed by atoms with Crippen LogP contribution in [0.2, 0.25) is 0 Å². The number of hydrogen-bond acceptors (Lipinski definition) is 4. The molecule has 0 spiro atoms. The van der Waals surface area contributed by atoms with Crippen molar-refractivity contribution in [2.75, 3.05) is 0 Å². The van der Waals surface area contributed by atoms with Crippen LogP contribution in [0.1, 0.15) is 15.2 Å². The molecule has 0 radical (unpaired) electrons. The standard InChI is InChI=1S/C10H7F2O3PS/c11-10(12,16(14)15)7-1-2-9-6(3-7)4-8(5-13)17-9/h1-5,14-15H. The quantitative estimate of drug-likeness (QED) is 0.669. The van der Waals surface area contributed by atoms with Crippen molar-refractivity contribution in [3.63, 3.8) is 0 Å². The summed E-state index contributed by atoms with van der Waals surface area (Å²) < 4.78 is 27.4. The first kappa shape index (κ1) is 12.5. The van der Waals surface area contributed by atoms with Gasteiger partial charge in [-0.2, -0.15) is 8.78 Å². The van der Waals surface area contributed by atoms with E-state index in [4.69, 9.17) is 9.79 Å². The predicted octanol–water partition coefficient (Wildman–Crippen LogP) is 3.06. The summed E-state index contributed by atoms with van der Waals surface area (Å²) in [7, 11) is -3.37. The van der Waals surface area contributed by atoms with E-state index in [1.165, 1.54) is 29.5 Å². The zero-order valence-corrected chi connectivity index (χ0v) is 10.0. The molecule has 0 unspecified atom stereocenters. The molecule has 0 saturated heterocycles. The highest BCUT2D eigenvalue weighted by Crippen LogP contribution is 2.53. The van der Waals surface area contributed by atoms with Gasteiger partial charge in [0.15, 0.2) is 6.29 Å². The van der Waals surface area contributed by atoms with Crippen LogP contribution in [0, 0.1) is 0 Å². The third kappa shape index (κ3) is 2.21. The molecule has 2 aromatic rings. The van der Waals surface area contributed by atoms with Crippen molar-refractivity contribution in [3.8, 4) is 0 Å². The number of carbonyl (C=O) groups is 1. The maximum absolute atomic E-state index is 13.4. The number of thiophene rings is 1. The minimum absolute atomic E-state index is 0.440. The predicted molar refractivity (Wildman–Crippen MR) is 62.5 cm³/mol. The van der Waals surface area contributed by atoms with Gasteiger partial charge < -0.3 is 9.79 Å². The van der Waals surface area contributed by atoms with Crippen LogP contribution in [0.4, 0.5) is 8.78 Å². The minimum atomic E-state index is -3.66. The average molecular weight is 276 g/mol. The summed E-state index contributed by atoms with van der Waals surface area (Å²) in [6.45, 7) is 0. The molecule has 7 heteroatoms. The van der Waals surface area contributed by atoms with Crippen LogP contribution >= 0.6 is 19.7 Å². The fourth-order valence-electron chi connectivity index (χ4n) is 1.42. The van der Waals surface area contributed by atoms with Gasteiger partial charge in [0.2, 0.25) is 8.38 Å². The van der Waals surface area contributed by atoms with Gasteiger partial charge in [0, 0.05) is 10.3 Å². The van der Waals surface area contributed by atoms with Gasteiger partial charge in [-0.05, 0) is 23.6 Å². The zero-order valence-electron chi connectivity index (χ0n) is 8.30. The highest BCUT2D eigenvalue weighted by molar-refractivity contribution is 7.46. The number of rotatable bonds is 3. The molecule has 3 nitrogen and oxygen atoms in total. The van der Waals surface area contributed by atoms with E-state index in [0.29, 0.717) is 21.2 Å². The Kier molecular flexibility index (Phi) is 3.23. The Hall–Kier alpha value is -0.940. The second kappa shape index (κ2) is 4.38. The van der Waals surface area contributed by atoms with Crippen molar-refractivity contribution in [1.29, 1.82) is 0 Å². The van der Waals surface area contributed by atoms with Crippen molar-refractivity contribution in [3.05, 3.63) is 34.7 Å². The van der Waals surface area contributed by atoms with Crippen LogP contribution in [0.25, 0.3) is 10.1 Å². The van der Waals surface area contributed by atoms with E-state index in [1.54, 1.807) is 0 Å². The minimum Gasteiger partial charge on any atom is -0.346 e. The number of hydrogen-bond donors (Lipinski definition) is 2. The molecule has 0 aliphatic rings. The van der Waals surface area contributed by atoms with Gasteiger partial charge in [0.25, 0.3) is 0 Å². The van der Waals surface area contributed by atoms with E-state index in [-0.39, 0.29) is 0 Å². The number of carbonyl (C=O) groups excluding carboxylic acids is 1. The summed E-state index contributed by atoms with van der Waals surface area (Å²) in [5.41, 5.74) is -4.12. The summed E-state index contributed by atoms with van der Waals surface area (Å²) in [4.78, 5) is 28.3. The number of fused-ring (bicyclic) bond motifs is 1. The van der Waals surface area contributed by atoms with E-state index in [1.807, 2.05) is 0 Å². The largest absolute Gasteiger partial charge is 0.346 e. The molecule has 90 valence electrons. The molecule has 0 fully saturated rings. The summed E-state index contributed by atoms with van der Waals surface area (Å²) in [6.07, 6.45) is 0.646. The van der Waals surface area contributed by atoms with Gasteiger partial charge in [0.05, 0.1) is 4.88 Å². The Morgan fingerprint density at radius 2 is 2.00 bits per heavy atom. The first-order valence-corrected chi connectivity index (χ1v) is 6.56. The van der Waals surface area contributed by atoms with Crippen molar-refractivity contribution in [2.24, 2.45) is 0 Å². The molecule has 0 bridgehead atoms. The number of halogens is 2. The maximum Gasteiger partial charge on any atom is 0.339 e. The van der Waals surface area contributed by atoms with Crippen LogP contribution in [0.3, 0.4) is 0 Å². The number of aldehydes is 1. The lowest BCUT2D eigenvalue weighted by Crippen LogP contribution is -2.10. The molecule has 1 aromatic heterocycles. The summed E-state index contributed by atoms with van der Waals surface area (Å²) in [5, 5.41) is 0.492. The fourth-order valence-corrected chi connectivity index (χ4v) is 2.65. The van der Waals surface area contributed by atoms with Crippen LogP contribution in [0.5, 0.6) is 0 Å². The van der Waals surface area contributed by atoms with Crippen LogP contribution < -0.4 is 0 Å². The maximum atomic E-state index is 13.4. The van der Waals surface area contributed by atoms with Gasteiger partial charge in [-0.1, -0.05) is 6.07 Å². The van der Waals surface area contributed by atoms with Crippen molar-refractivity contribution >= 4 is 36.1 Å². The Labute approximate surface area is 100 Å². The molecule has 0 aliphatic heterocycles. The smallest absolute Gasteiger partial charge is 0.339 e. The topological polar surface area (TPSA) is 57.5 Å². The first-order chi connectivity index (χ1) is 7.95. The van der Waals surface area contributed by atoms with Crippen molar-refractivity contribution < 1.29 is 23.4 Å². The van der Waals surface area contributed by atoms with Crippen LogP contribution in [0.15, 0.2) is 24.3 Å². The molecule has 17 heavy (non-hydrogen) atoms. The van der Waals surface area contributed by atoms with E-state index >= 15 is 0 Å². The third-order valence-corrected chi connectivity index (χ3v) is 4.05. The van der Waals surface area contributed by atoms with Crippen molar-refractivity contribution in [2.45, 2.75) is 5.66 Å². The Morgan fingerprint density at radius 3 is 2.59 bits per heavy atom. The van der Waals surface area contributed by atoms with Gasteiger partial charge >= 0.3 is 5.66 Å². The van der Waals surface area contributed by atoms with E-state index in [9.17, 15) is 13.6 Å². The molecule has 0 atom stereocenters. The molecule has 0 saturated carbocycles. The van der Waals surface area contributed by atoms with Crippen LogP contribution in [-0.4, -0.2) is 16.1 Å². The zero-order chi connectivity index (χ0) is 12.6. The molecule has 1 heterocycles. The lowest BCUT2D eigenvalue weighted by Gasteiger charge is -2.17. The second-order valence-corrected chi connectivity index (χ2v) is 5.61. The monoisotopic (exact) mass is 276 g/mol. The SMILES string of the molecule is O=Cc1cc2cc(C(F)(F)P(O)O)ccc2s1. The molecular weight excluding hydrogens is 269 g/mol. The number of alkyl halides is 2. The summed E-state index contributed by atoms with van der Waals surface area (Å²) in [5.74, 6) is 0. The second-order valence-electron chi connectivity index (χ2n) is 3.35. The molecule has 2 N–H and O–H groups in total. The highest BCUT2D eigenvalue weighted by atomic mass is 32.1. The molecule has 0 amide bonds. The van der Waals surface area contributed by atoms with Gasteiger partial charge in [-0.25, -0.2) is 0 Å². The molecule has 2 rings (SSSR count). The van der Waals surface area contributed by atoms with E-state index < -0.39 is 19.6 Å². The molecule has 1 aromatic carbocycles. The van der Waals surface area contributed by atoms with E-state index in [2.05, 4.69) is 0 Å². The lowest BCUT2D eigenvalue weighted by molar-refractivity contribution is 0.0734. The lowest BCUT2D eigenvalue weighted by atomic mass is 10.1. The Morgan fingerprint density at radius 1 is 1.29 bits per heavy atom. The third-order valence-electron chi connectivity index (χ3n) is 2.25. The summed E-state index contributed by atoms with van der Waals surface area (Å²) in [6, 6.07) is 5.23. The average Bonchev–Trinajstić information content (AvgIpc) is 2.70. The summed E-state index contributed by atoms with van der Waals surface area (Å²) >= 11 is 1.19. The molecule has 0 aliphatic carbocycles. The Balaban J connectivity index is 2.54. The number of benzene rings is 1. The first-order valence-electron chi connectivity index (χ1n) is 4.50. The van der Waals surface area contributed by atoms with Gasteiger partial charge in [-0.15, -0.1) is 11.3 Å². The normalized spacial score (nSPS) is 12.3. The molecular formula is C10H7F2O3PS. The van der Waals surface area contributed by atoms with Gasteiger partial charge in [0.1, 0.15) is 0 Å². The van der Waals surface area contributed by atoms with Crippen LogP contribution in [-0.2, 0) is 5.66 Å². The highest BCUT2D eigenvalue weighted by Gasteiger charge is 2.40.